The zero-order chi connectivity index (χ0) is 17.6. The van der Waals surface area contributed by atoms with Gasteiger partial charge in [-0.25, -0.2) is 9.97 Å². The second kappa shape index (κ2) is 7.74. The van der Waals surface area contributed by atoms with Gasteiger partial charge in [0, 0.05) is 49.8 Å². The van der Waals surface area contributed by atoms with Gasteiger partial charge in [-0.1, -0.05) is 12.1 Å². The highest BCUT2D eigenvalue weighted by atomic mass is 16.2. The number of ketones is 1. The number of aromatic nitrogens is 2. The molecule has 7 heteroatoms. The summed E-state index contributed by atoms with van der Waals surface area (Å²) in [5.74, 6) is 0.754. The van der Waals surface area contributed by atoms with Crippen LogP contribution in [0.25, 0.3) is 0 Å². The molecule has 0 atom stereocenters. The fraction of sp³-hybridized carbons (Fsp3) is 0.333. The van der Waals surface area contributed by atoms with E-state index in [1.54, 1.807) is 30.6 Å². The van der Waals surface area contributed by atoms with Gasteiger partial charge in [0.2, 0.25) is 11.9 Å². The normalized spacial score (nSPS) is 14.3. The molecule has 0 saturated carbocycles. The van der Waals surface area contributed by atoms with Crippen LogP contribution in [0.4, 0.5) is 11.6 Å². The highest BCUT2D eigenvalue weighted by Crippen LogP contribution is 2.12. The Balaban J connectivity index is 1.50. The highest BCUT2D eigenvalue weighted by Gasteiger charge is 2.22. The fourth-order valence-electron chi connectivity index (χ4n) is 2.75. The van der Waals surface area contributed by atoms with Crippen LogP contribution in [0.2, 0.25) is 0 Å². The maximum absolute atomic E-state index is 12.4. The van der Waals surface area contributed by atoms with Gasteiger partial charge < -0.3 is 15.1 Å². The zero-order valence-electron chi connectivity index (χ0n) is 14.2. The van der Waals surface area contributed by atoms with Crippen molar-refractivity contribution in [3.63, 3.8) is 0 Å². The molecule has 7 nitrogen and oxygen atoms in total. The third-order valence-electron chi connectivity index (χ3n) is 4.18. The maximum Gasteiger partial charge on any atom is 0.241 e. The van der Waals surface area contributed by atoms with E-state index in [1.165, 1.54) is 6.92 Å². The second-order valence-corrected chi connectivity index (χ2v) is 5.91. The van der Waals surface area contributed by atoms with Crippen LogP contribution in [-0.4, -0.2) is 59.3 Å². The summed E-state index contributed by atoms with van der Waals surface area (Å²) in [5, 5.41) is 3.10. The van der Waals surface area contributed by atoms with Gasteiger partial charge in [-0.05, 0) is 25.1 Å². The molecule has 1 amide bonds. The van der Waals surface area contributed by atoms with Gasteiger partial charge in [0.05, 0.1) is 6.54 Å². The van der Waals surface area contributed by atoms with Gasteiger partial charge in [-0.2, -0.15) is 0 Å². The van der Waals surface area contributed by atoms with Crippen LogP contribution in [-0.2, 0) is 4.79 Å². The molecule has 0 bridgehead atoms. The average molecular weight is 339 g/mol. The van der Waals surface area contributed by atoms with Crippen molar-refractivity contribution < 1.29 is 9.59 Å². The molecule has 1 aliphatic rings. The number of benzene rings is 1. The molecule has 130 valence electrons. The van der Waals surface area contributed by atoms with E-state index in [4.69, 9.17) is 0 Å². The van der Waals surface area contributed by atoms with E-state index >= 15 is 0 Å². The average Bonchev–Trinajstić information content (AvgIpc) is 2.67. The van der Waals surface area contributed by atoms with Crippen LogP contribution in [0.1, 0.15) is 17.3 Å². The molecular formula is C18H21N5O2. The van der Waals surface area contributed by atoms with Crippen LogP contribution in [0.15, 0.2) is 42.7 Å². The predicted octanol–water partition coefficient (Wildman–Crippen LogP) is 1.44. The maximum atomic E-state index is 12.4. The Morgan fingerprint density at radius 1 is 1.08 bits per heavy atom. The zero-order valence-corrected chi connectivity index (χ0v) is 14.2. The Bertz CT molecular complexity index is 742. The molecule has 2 heterocycles. The Morgan fingerprint density at radius 3 is 2.48 bits per heavy atom. The number of nitrogens with zero attached hydrogens (tertiary/aromatic N) is 4. The van der Waals surface area contributed by atoms with Crippen LogP contribution in [0.3, 0.4) is 0 Å². The standard InChI is InChI=1S/C18H21N5O2/c1-14(24)15-4-2-5-16(12-15)21-13-17(25)22-8-10-23(11-9-22)18-19-6-3-7-20-18/h2-7,12,21H,8-11,13H2,1H3. The molecular weight excluding hydrogens is 318 g/mol. The molecule has 1 N–H and O–H groups in total. The molecule has 1 saturated heterocycles. The van der Waals surface area contributed by atoms with Crippen molar-refractivity contribution in [2.75, 3.05) is 42.9 Å². The lowest BCUT2D eigenvalue weighted by Gasteiger charge is -2.34. The Kier molecular flexibility index (Phi) is 5.23. The van der Waals surface area contributed by atoms with Crippen molar-refractivity contribution in [2.24, 2.45) is 0 Å². The number of nitrogens with one attached hydrogen (secondary N) is 1. The van der Waals surface area contributed by atoms with E-state index in [9.17, 15) is 9.59 Å². The summed E-state index contributed by atoms with van der Waals surface area (Å²) in [4.78, 5) is 36.2. The van der Waals surface area contributed by atoms with E-state index in [1.807, 2.05) is 17.0 Å². The Morgan fingerprint density at radius 2 is 1.80 bits per heavy atom. The topological polar surface area (TPSA) is 78.4 Å². The Hall–Kier alpha value is -2.96. The third kappa shape index (κ3) is 4.32. The minimum Gasteiger partial charge on any atom is -0.376 e. The van der Waals surface area contributed by atoms with E-state index in [0.29, 0.717) is 24.6 Å². The summed E-state index contributed by atoms with van der Waals surface area (Å²) in [5.41, 5.74) is 1.41. The fourth-order valence-corrected chi connectivity index (χ4v) is 2.75. The number of hydrogen-bond acceptors (Lipinski definition) is 6. The first kappa shape index (κ1) is 16.9. The lowest BCUT2D eigenvalue weighted by Crippen LogP contribution is -2.50. The third-order valence-corrected chi connectivity index (χ3v) is 4.18. The molecule has 1 aliphatic heterocycles. The number of hydrogen-bond donors (Lipinski definition) is 1. The lowest BCUT2D eigenvalue weighted by molar-refractivity contribution is -0.129. The van der Waals surface area contributed by atoms with Crippen molar-refractivity contribution >= 4 is 23.3 Å². The predicted molar refractivity (Wildman–Crippen MR) is 95.8 cm³/mol. The summed E-state index contributed by atoms with van der Waals surface area (Å²) in [6.45, 7) is 4.47. The molecule has 0 radical (unpaired) electrons. The van der Waals surface area contributed by atoms with E-state index in [0.717, 1.165) is 18.8 Å². The number of Topliss-reactive ketones (excluding diaryl/α,β-unsaturated/α-hetero) is 1. The number of carbonyl (C=O) groups is 2. The van der Waals surface area contributed by atoms with Crippen LogP contribution in [0, 0.1) is 0 Å². The van der Waals surface area contributed by atoms with Crippen LogP contribution < -0.4 is 10.2 Å². The van der Waals surface area contributed by atoms with E-state index < -0.39 is 0 Å². The summed E-state index contributed by atoms with van der Waals surface area (Å²) in [6.07, 6.45) is 3.44. The Labute approximate surface area is 146 Å². The number of piperazine rings is 1. The van der Waals surface area contributed by atoms with Crippen LogP contribution >= 0.6 is 0 Å². The number of amides is 1. The summed E-state index contributed by atoms with van der Waals surface area (Å²) >= 11 is 0. The molecule has 1 fully saturated rings. The second-order valence-electron chi connectivity index (χ2n) is 5.91. The minimum atomic E-state index is 0.00855. The van der Waals surface area contributed by atoms with Crippen molar-refractivity contribution in [2.45, 2.75) is 6.92 Å². The smallest absolute Gasteiger partial charge is 0.241 e. The van der Waals surface area contributed by atoms with Gasteiger partial charge >= 0.3 is 0 Å². The number of rotatable bonds is 5. The van der Waals surface area contributed by atoms with E-state index in [2.05, 4.69) is 20.2 Å². The van der Waals surface area contributed by atoms with Gasteiger partial charge in [-0.3, -0.25) is 9.59 Å². The van der Waals surface area contributed by atoms with Gasteiger partial charge in [0.1, 0.15) is 0 Å². The molecule has 0 spiro atoms. The van der Waals surface area contributed by atoms with Gasteiger partial charge in [-0.15, -0.1) is 0 Å². The largest absolute Gasteiger partial charge is 0.376 e. The number of carbonyl (C=O) groups excluding carboxylic acids is 2. The molecule has 0 aliphatic carbocycles. The SMILES string of the molecule is CC(=O)c1cccc(NCC(=O)N2CCN(c3ncccn3)CC2)c1. The summed E-state index contributed by atoms with van der Waals surface area (Å²) in [7, 11) is 0. The molecule has 1 aromatic carbocycles. The molecule has 0 unspecified atom stereocenters. The summed E-state index contributed by atoms with van der Waals surface area (Å²) in [6, 6.07) is 8.98. The first-order valence-electron chi connectivity index (χ1n) is 8.28. The van der Waals surface area contributed by atoms with Crippen molar-refractivity contribution in [1.29, 1.82) is 0 Å². The first-order valence-corrected chi connectivity index (χ1v) is 8.28. The molecule has 3 rings (SSSR count). The van der Waals surface area contributed by atoms with Gasteiger partial charge in [0.25, 0.3) is 0 Å². The number of anilines is 2. The van der Waals surface area contributed by atoms with Crippen molar-refractivity contribution in [3.05, 3.63) is 48.3 Å². The molecule has 2 aromatic rings. The van der Waals surface area contributed by atoms with Crippen molar-refractivity contribution in [1.82, 2.24) is 14.9 Å². The highest BCUT2D eigenvalue weighted by molar-refractivity contribution is 5.95. The minimum absolute atomic E-state index is 0.00855. The lowest BCUT2D eigenvalue weighted by atomic mass is 10.1. The first-order chi connectivity index (χ1) is 12.1. The van der Waals surface area contributed by atoms with Crippen LogP contribution in [0.5, 0.6) is 0 Å². The quantitative estimate of drug-likeness (QED) is 0.831. The van der Waals surface area contributed by atoms with Crippen molar-refractivity contribution in [3.8, 4) is 0 Å². The van der Waals surface area contributed by atoms with Gasteiger partial charge in [0.15, 0.2) is 5.78 Å². The molecule has 25 heavy (non-hydrogen) atoms. The summed E-state index contributed by atoms with van der Waals surface area (Å²) < 4.78 is 0. The molecule has 1 aromatic heterocycles. The monoisotopic (exact) mass is 339 g/mol. The van der Waals surface area contributed by atoms with E-state index in [-0.39, 0.29) is 18.2 Å².